The van der Waals surface area contributed by atoms with E-state index >= 15 is 0 Å². The molecule has 0 atom stereocenters. The van der Waals surface area contributed by atoms with E-state index < -0.39 is 0 Å². The Morgan fingerprint density at radius 1 is 1.11 bits per heavy atom. The first kappa shape index (κ1) is 20.1. The summed E-state index contributed by atoms with van der Waals surface area (Å²) in [6.07, 6.45) is 6.19. The lowest BCUT2D eigenvalue weighted by Crippen LogP contribution is -2.02. The van der Waals surface area contributed by atoms with Crippen LogP contribution in [-0.2, 0) is 12.8 Å². The third kappa shape index (κ3) is 4.78. The average molecular weight is 374 g/mol. The molecule has 3 nitrogen and oxygen atoms in total. The molecule has 3 aromatic rings. The molecule has 1 aromatic carbocycles. The van der Waals surface area contributed by atoms with Gasteiger partial charge in [-0.3, -0.25) is 4.98 Å². The monoisotopic (exact) mass is 373 g/mol. The van der Waals surface area contributed by atoms with Crippen LogP contribution in [0.25, 0.3) is 16.9 Å². The summed E-state index contributed by atoms with van der Waals surface area (Å²) in [6.45, 7) is 12.6. The van der Waals surface area contributed by atoms with Crippen LogP contribution in [-0.4, -0.2) is 14.8 Å². The standard InChI is InChI=1S/C25H31N3/c1-6-22-14-15-23(17-26-22)28-25(16-24(27-28)19(4)5)21-12-10-20(11-13-21)9-7-8-18(2)3/h10-17,19H,2,6-9H2,1,3-5H3. The molecular weight excluding hydrogens is 342 g/mol. The van der Waals surface area contributed by atoms with Crippen molar-refractivity contribution in [2.24, 2.45) is 0 Å². The van der Waals surface area contributed by atoms with E-state index in [0.29, 0.717) is 5.92 Å². The molecular formula is C25H31N3. The van der Waals surface area contributed by atoms with Gasteiger partial charge in [0.15, 0.2) is 0 Å². The molecule has 0 fully saturated rings. The van der Waals surface area contributed by atoms with Gasteiger partial charge in [-0.25, -0.2) is 4.68 Å². The zero-order valence-corrected chi connectivity index (χ0v) is 17.6. The lowest BCUT2D eigenvalue weighted by atomic mass is 10.0. The van der Waals surface area contributed by atoms with Crippen LogP contribution in [0.1, 0.15) is 63.4 Å². The van der Waals surface area contributed by atoms with Gasteiger partial charge < -0.3 is 0 Å². The van der Waals surface area contributed by atoms with Crippen molar-refractivity contribution in [1.29, 1.82) is 0 Å². The molecule has 146 valence electrons. The number of hydrogen-bond acceptors (Lipinski definition) is 2. The molecule has 28 heavy (non-hydrogen) atoms. The fraction of sp³-hybridized carbons (Fsp3) is 0.360. The molecule has 0 saturated heterocycles. The summed E-state index contributed by atoms with van der Waals surface area (Å²) in [4.78, 5) is 4.56. The fourth-order valence-electron chi connectivity index (χ4n) is 3.27. The summed E-state index contributed by atoms with van der Waals surface area (Å²) in [5.74, 6) is 0.379. The first-order chi connectivity index (χ1) is 13.5. The summed E-state index contributed by atoms with van der Waals surface area (Å²) in [5.41, 5.74) is 8.12. The van der Waals surface area contributed by atoms with E-state index in [2.05, 4.69) is 81.7 Å². The summed E-state index contributed by atoms with van der Waals surface area (Å²) in [6, 6.07) is 15.3. The lowest BCUT2D eigenvalue weighted by molar-refractivity contribution is 0.768. The Kier molecular flexibility index (Phi) is 6.45. The molecule has 0 unspecified atom stereocenters. The fourth-order valence-corrected chi connectivity index (χ4v) is 3.27. The quantitative estimate of drug-likeness (QED) is 0.421. The van der Waals surface area contributed by atoms with Gasteiger partial charge in [-0.05, 0) is 62.3 Å². The van der Waals surface area contributed by atoms with Crippen molar-refractivity contribution in [2.75, 3.05) is 0 Å². The highest BCUT2D eigenvalue weighted by atomic mass is 15.3. The summed E-state index contributed by atoms with van der Waals surface area (Å²) in [7, 11) is 0. The van der Waals surface area contributed by atoms with Crippen LogP contribution < -0.4 is 0 Å². The van der Waals surface area contributed by atoms with Gasteiger partial charge in [0, 0.05) is 11.3 Å². The largest absolute Gasteiger partial charge is 0.259 e. The van der Waals surface area contributed by atoms with Crippen molar-refractivity contribution < 1.29 is 0 Å². The van der Waals surface area contributed by atoms with Crippen molar-refractivity contribution in [3.05, 3.63) is 77.8 Å². The van der Waals surface area contributed by atoms with Crippen molar-refractivity contribution in [2.45, 2.75) is 59.3 Å². The molecule has 2 heterocycles. The minimum absolute atomic E-state index is 0.379. The Labute approximate surface area is 169 Å². The van der Waals surface area contributed by atoms with E-state index in [1.54, 1.807) is 0 Å². The van der Waals surface area contributed by atoms with Crippen LogP contribution >= 0.6 is 0 Å². The topological polar surface area (TPSA) is 30.7 Å². The van der Waals surface area contributed by atoms with Gasteiger partial charge in [-0.15, -0.1) is 6.58 Å². The van der Waals surface area contributed by atoms with Gasteiger partial charge in [0.25, 0.3) is 0 Å². The van der Waals surface area contributed by atoms with Crippen LogP contribution in [0.5, 0.6) is 0 Å². The molecule has 0 aliphatic carbocycles. The minimum atomic E-state index is 0.379. The Hall–Kier alpha value is -2.68. The Morgan fingerprint density at radius 3 is 2.43 bits per heavy atom. The third-order valence-electron chi connectivity index (χ3n) is 5.05. The molecule has 0 aliphatic rings. The van der Waals surface area contributed by atoms with Crippen molar-refractivity contribution in [3.63, 3.8) is 0 Å². The van der Waals surface area contributed by atoms with E-state index in [4.69, 9.17) is 5.10 Å². The normalized spacial score (nSPS) is 11.2. The van der Waals surface area contributed by atoms with Crippen LogP contribution in [0.15, 0.2) is 60.8 Å². The third-order valence-corrected chi connectivity index (χ3v) is 5.05. The molecule has 3 rings (SSSR count). The molecule has 0 amide bonds. The predicted octanol–water partition coefficient (Wildman–Crippen LogP) is 6.52. The maximum absolute atomic E-state index is 4.87. The second kappa shape index (κ2) is 9.01. The molecule has 0 bridgehead atoms. The summed E-state index contributed by atoms with van der Waals surface area (Å²) >= 11 is 0. The highest BCUT2D eigenvalue weighted by Gasteiger charge is 2.14. The highest BCUT2D eigenvalue weighted by Crippen LogP contribution is 2.27. The molecule has 0 aliphatic heterocycles. The SMILES string of the molecule is C=C(C)CCCc1ccc(-c2cc(C(C)C)nn2-c2ccc(CC)nc2)cc1. The molecule has 0 spiro atoms. The van der Waals surface area contributed by atoms with Crippen LogP contribution in [0.2, 0.25) is 0 Å². The summed E-state index contributed by atoms with van der Waals surface area (Å²) < 4.78 is 2.03. The molecule has 0 radical (unpaired) electrons. The van der Waals surface area contributed by atoms with Gasteiger partial charge in [-0.1, -0.05) is 50.6 Å². The molecule has 2 aromatic heterocycles. The smallest absolute Gasteiger partial charge is 0.0836 e. The number of aromatic nitrogens is 3. The summed E-state index contributed by atoms with van der Waals surface area (Å²) in [5, 5.41) is 4.87. The number of allylic oxidation sites excluding steroid dienone is 1. The van der Waals surface area contributed by atoms with E-state index in [0.717, 1.165) is 48.5 Å². The zero-order valence-electron chi connectivity index (χ0n) is 17.6. The molecule has 0 saturated carbocycles. The Morgan fingerprint density at radius 2 is 1.86 bits per heavy atom. The Bertz CT molecular complexity index is 915. The average Bonchev–Trinajstić information content (AvgIpc) is 3.14. The van der Waals surface area contributed by atoms with Gasteiger partial charge in [0.2, 0.25) is 0 Å². The number of pyridine rings is 1. The first-order valence-electron chi connectivity index (χ1n) is 10.3. The van der Waals surface area contributed by atoms with Crippen molar-refractivity contribution in [1.82, 2.24) is 14.8 Å². The van der Waals surface area contributed by atoms with Gasteiger partial charge >= 0.3 is 0 Å². The number of rotatable bonds is 8. The van der Waals surface area contributed by atoms with E-state index in [1.807, 2.05) is 10.9 Å². The van der Waals surface area contributed by atoms with E-state index in [9.17, 15) is 0 Å². The number of aryl methyl sites for hydroxylation is 2. The molecule has 3 heteroatoms. The lowest BCUT2D eigenvalue weighted by Gasteiger charge is -2.09. The van der Waals surface area contributed by atoms with Crippen LogP contribution in [0, 0.1) is 0 Å². The second-order valence-corrected chi connectivity index (χ2v) is 7.89. The second-order valence-electron chi connectivity index (χ2n) is 7.89. The molecule has 0 N–H and O–H groups in total. The van der Waals surface area contributed by atoms with Gasteiger partial charge in [0.1, 0.15) is 0 Å². The van der Waals surface area contributed by atoms with Crippen molar-refractivity contribution >= 4 is 0 Å². The number of nitrogens with zero attached hydrogens (tertiary/aromatic N) is 3. The predicted molar refractivity (Wildman–Crippen MR) is 118 cm³/mol. The maximum Gasteiger partial charge on any atom is 0.0836 e. The van der Waals surface area contributed by atoms with Crippen LogP contribution in [0.4, 0.5) is 0 Å². The van der Waals surface area contributed by atoms with E-state index in [1.165, 1.54) is 16.7 Å². The Balaban J connectivity index is 1.90. The van der Waals surface area contributed by atoms with Gasteiger partial charge in [0.05, 0.1) is 23.3 Å². The zero-order chi connectivity index (χ0) is 20.1. The van der Waals surface area contributed by atoms with Crippen LogP contribution in [0.3, 0.4) is 0 Å². The number of benzene rings is 1. The highest BCUT2D eigenvalue weighted by molar-refractivity contribution is 5.63. The van der Waals surface area contributed by atoms with Gasteiger partial charge in [-0.2, -0.15) is 5.10 Å². The maximum atomic E-state index is 4.87. The van der Waals surface area contributed by atoms with Crippen molar-refractivity contribution in [3.8, 4) is 16.9 Å². The minimum Gasteiger partial charge on any atom is -0.259 e. The number of hydrogen-bond donors (Lipinski definition) is 0. The van der Waals surface area contributed by atoms with E-state index in [-0.39, 0.29) is 0 Å². The first-order valence-corrected chi connectivity index (χ1v) is 10.3.